The smallest absolute Gasteiger partial charge is 0.416 e. The van der Waals surface area contributed by atoms with Gasteiger partial charge in [0.05, 0.1) is 11.3 Å². The first kappa shape index (κ1) is 24.7. The predicted octanol–water partition coefficient (Wildman–Crippen LogP) is 5.42. The summed E-state index contributed by atoms with van der Waals surface area (Å²) in [4.78, 5) is 6.62. The molecule has 2 fully saturated rings. The molecule has 0 bridgehead atoms. The van der Waals surface area contributed by atoms with Crippen LogP contribution in [0.15, 0.2) is 35.1 Å². The first-order valence-electron chi connectivity index (χ1n) is 11.5. The summed E-state index contributed by atoms with van der Waals surface area (Å²) in [5.74, 6) is 2.68. The molecular formula is C24H29ClF3N5O. The Morgan fingerprint density at radius 3 is 2.59 bits per heavy atom. The van der Waals surface area contributed by atoms with Gasteiger partial charge in [-0.15, -0.1) is 22.6 Å². The van der Waals surface area contributed by atoms with Crippen LogP contribution in [0.2, 0.25) is 0 Å². The fraction of sp³-hybridized carbons (Fsp3) is 0.542. The Balaban J connectivity index is 0.00000274. The number of aromatic nitrogens is 4. The Bertz CT molecular complexity index is 1130. The molecule has 1 saturated heterocycles. The zero-order valence-corrected chi connectivity index (χ0v) is 20.1. The highest BCUT2D eigenvalue weighted by atomic mass is 35.5. The Morgan fingerprint density at radius 2 is 1.91 bits per heavy atom. The van der Waals surface area contributed by atoms with E-state index in [0.29, 0.717) is 17.5 Å². The standard InChI is InChI=1S/C24H28F3N5O.ClH/c1-16-21(33-15-28-16)22-30-29-20(31(22)2)5-3-4-11-32-12-10-23(14-32)13-19(23)17-6-8-18(9-7-17)24(25,26)27;/h6-9,15,19H,3-5,10-14H2,1-2H3;1H/t19-,23+;/m1./s1. The van der Waals surface area contributed by atoms with Crippen LogP contribution < -0.4 is 0 Å². The van der Waals surface area contributed by atoms with Crippen LogP contribution in [0.5, 0.6) is 0 Å². The third-order valence-corrected chi connectivity index (χ3v) is 7.33. The van der Waals surface area contributed by atoms with E-state index in [4.69, 9.17) is 4.42 Å². The van der Waals surface area contributed by atoms with Crippen molar-refractivity contribution in [1.82, 2.24) is 24.6 Å². The molecule has 1 aromatic carbocycles. The highest BCUT2D eigenvalue weighted by Crippen LogP contribution is 2.64. The predicted molar refractivity (Wildman–Crippen MR) is 124 cm³/mol. The summed E-state index contributed by atoms with van der Waals surface area (Å²) >= 11 is 0. The molecule has 10 heteroatoms. The van der Waals surface area contributed by atoms with Gasteiger partial charge < -0.3 is 13.9 Å². The van der Waals surface area contributed by atoms with E-state index in [1.165, 1.54) is 18.5 Å². The molecule has 2 atom stereocenters. The van der Waals surface area contributed by atoms with Crippen LogP contribution >= 0.6 is 12.4 Å². The molecule has 1 aliphatic carbocycles. The summed E-state index contributed by atoms with van der Waals surface area (Å²) in [5.41, 5.74) is 1.53. The Hall–Kier alpha value is -2.39. The molecule has 2 aliphatic rings. The quantitative estimate of drug-likeness (QED) is 0.409. The summed E-state index contributed by atoms with van der Waals surface area (Å²) in [5, 5.41) is 8.59. The minimum atomic E-state index is -4.27. The number of oxazole rings is 1. The maximum Gasteiger partial charge on any atom is 0.416 e. The van der Waals surface area contributed by atoms with Crippen molar-refractivity contribution in [3.05, 3.63) is 53.3 Å². The summed E-state index contributed by atoms with van der Waals surface area (Å²) in [6, 6.07) is 5.77. The van der Waals surface area contributed by atoms with Crippen molar-refractivity contribution in [2.75, 3.05) is 19.6 Å². The average molecular weight is 496 g/mol. The maximum absolute atomic E-state index is 12.8. The molecule has 184 valence electrons. The molecule has 0 N–H and O–H groups in total. The molecule has 1 aliphatic heterocycles. The highest BCUT2D eigenvalue weighted by Gasteiger charge is 2.57. The second-order valence-corrected chi connectivity index (χ2v) is 9.49. The van der Waals surface area contributed by atoms with E-state index in [9.17, 15) is 13.2 Å². The van der Waals surface area contributed by atoms with E-state index in [1.54, 1.807) is 12.1 Å². The van der Waals surface area contributed by atoms with Gasteiger partial charge in [0.25, 0.3) is 0 Å². The SMILES string of the molecule is Cc1ncoc1-c1nnc(CCCCN2CC[C@]3(C[C@@H]3c3ccc(C(F)(F)F)cc3)C2)n1C.Cl. The lowest BCUT2D eigenvalue weighted by Crippen LogP contribution is -2.22. The third kappa shape index (κ3) is 4.73. The van der Waals surface area contributed by atoms with Gasteiger partial charge in [0, 0.05) is 20.0 Å². The summed E-state index contributed by atoms with van der Waals surface area (Å²) in [7, 11) is 1.95. The topological polar surface area (TPSA) is 60.0 Å². The van der Waals surface area contributed by atoms with Crippen LogP contribution in [-0.4, -0.2) is 44.3 Å². The number of likely N-dealkylation sites (tertiary alicyclic amines) is 1. The second kappa shape index (κ2) is 9.34. The largest absolute Gasteiger partial charge is 0.440 e. The van der Waals surface area contributed by atoms with E-state index in [2.05, 4.69) is 20.1 Å². The van der Waals surface area contributed by atoms with Gasteiger partial charge in [0.1, 0.15) is 5.82 Å². The van der Waals surface area contributed by atoms with Gasteiger partial charge in [-0.2, -0.15) is 13.2 Å². The van der Waals surface area contributed by atoms with Crippen molar-refractivity contribution in [2.24, 2.45) is 12.5 Å². The molecule has 3 heterocycles. The van der Waals surface area contributed by atoms with Gasteiger partial charge >= 0.3 is 6.18 Å². The number of unbranched alkanes of at least 4 members (excludes halogenated alkanes) is 1. The first-order valence-corrected chi connectivity index (χ1v) is 11.5. The van der Waals surface area contributed by atoms with Crippen molar-refractivity contribution < 1.29 is 17.6 Å². The van der Waals surface area contributed by atoms with E-state index in [0.717, 1.165) is 68.8 Å². The number of hydrogen-bond acceptors (Lipinski definition) is 5. The molecule has 0 unspecified atom stereocenters. The number of aryl methyl sites for hydroxylation is 2. The van der Waals surface area contributed by atoms with Crippen molar-refractivity contribution in [3.8, 4) is 11.6 Å². The summed E-state index contributed by atoms with van der Waals surface area (Å²) in [6.45, 7) is 5.03. The second-order valence-electron chi connectivity index (χ2n) is 9.49. The van der Waals surface area contributed by atoms with Gasteiger partial charge in [-0.25, -0.2) is 4.98 Å². The number of alkyl halides is 3. The molecule has 0 radical (unpaired) electrons. The van der Waals surface area contributed by atoms with Crippen molar-refractivity contribution in [3.63, 3.8) is 0 Å². The zero-order valence-electron chi connectivity index (χ0n) is 19.3. The molecule has 1 saturated carbocycles. The zero-order chi connectivity index (χ0) is 23.2. The molecular weight excluding hydrogens is 467 g/mol. The average Bonchev–Trinajstić information content (AvgIpc) is 3.05. The third-order valence-electron chi connectivity index (χ3n) is 7.33. The van der Waals surface area contributed by atoms with Crippen LogP contribution in [0.25, 0.3) is 11.6 Å². The van der Waals surface area contributed by atoms with Crippen molar-refractivity contribution in [1.29, 1.82) is 0 Å². The fourth-order valence-corrected chi connectivity index (χ4v) is 5.26. The lowest BCUT2D eigenvalue weighted by Gasteiger charge is -2.16. The lowest BCUT2D eigenvalue weighted by atomic mass is 9.97. The van der Waals surface area contributed by atoms with Crippen LogP contribution in [0.4, 0.5) is 13.2 Å². The van der Waals surface area contributed by atoms with Crippen LogP contribution in [0, 0.1) is 12.3 Å². The molecule has 2 aromatic heterocycles. The van der Waals surface area contributed by atoms with E-state index < -0.39 is 11.7 Å². The molecule has 0 amide bonds. The normalized spacial score (nSPS) is 22.3. The number of nitrogens with zero attached hydrogens (tertiary/aromatic N) is 5. The Labute approximate surface area is 203 Å². The van der Waals surface area contributed by atoms with E-state index in [-0.39, 0.29) is 17.8 Å². The van der Waals surface area contributed by atoms with Gasteiger partial charge in [-0.3, -0.25) is 0 Å². The van der Waals surface area contributed by atoms with E-state index >= 15 is 0 Å². The van der Waals surface area contributed by atoms with Crippen LogP contribution in [0.3, 0.4) is 0 Å². The highest BCUT2D eigenvalue weighted by molar-refractivity contribution is 5.85. The fourth-order valence-electron chi connectivity index (χ4n) is 5.26. The van der Waals surface area contributed by atoms with Crippen LogP contribution in [-0.2, 0) is 19.6 Å². The van der Waals surface area contributed by atoms with Crippen molar-refractivity contribution in [2.45, 2.75) is 51.1 Å². The van der Waals surface area contributed by atoms with Gasteiger partial charge in [-0.05, 0) is 74.7 Å². The van der Waals surface area contributed by atoms with Crippen LogP contribution in [0.1, 0.15) is 54.2 Å². The molecule has 6 nitrogen and oxygen atoms in total. The summed E-state index contributed by atoms with van der Waals surface area (Å²) < 4.78 is 45.9. The molecule has 34 heavy (non-hydrogen) atoms. The number of rotatable bonds is 7. The Kier molecular flexibility index (Phi) is 6.79. The lowest BCUT2D eigenvalue weighted by molar-refractivity contribution is -0.137. The first-order chi connectivity index (χ1) is 15.8. The van der Waals surface area contributed by atoms with Gasteiger partial charge in [-0.1, -0.05) is 12.1 Å². The summed E-state index contributed by atoms with van der Waals surface area (Å²) in [6.07, 6.45) is 2.30. The van der Waals surface area contributed by atoms with Gasteiger partial charge in [0.2, 0.25) is 5.82 Å². The molecule has 3 aromatic rings. The van der Waals surface area contributed by atoms with Gasteiger partial charge in [0.15, 0.2) is 12.2 Å². The number of hydrogen-bond donors (Lipinski definition) is 0. The Morgan fingerprint density at radius 1 is 1.15 bits per heavy atom. The van der Waals surface area contributed by atoms with Crippen molar-refractivity contribution >= 4 is 12.4 Å². The molecule has 5 rings (SSSR count). The van der Waals surface area contributed by atoms with E-state index in [1.807, 2.05) is 18.5 Å². The monoisotopic (exact) mass is 495 g/mol. The minimum absolute atomic E-state index is 0. The minimum Gasteiger partial charge on any atom is -0.440 e. The number of benzene rings is 1. The molecule has 1 spiro atoms. The maximum atomic E-state index is 12.8. The number of halogens is 4.